The van der Waals surface area contributed by atoms with Crippen LogP contribution in [0.2, 0.25) is 0 Å². The highest BCUT2D eigenvalue weighted by atomic mass is 32.1. The molecule has 0 N–H and O–H groups in total. The highest BCUT2D eigenvalue weighted by Gasteiger charge is 2.25. The molecule has 9 nitrogen and oxygen atoms in total. The summed E-state index contributed by atoms with van der Waals surface area (Å²) in [6.45, 7) is 0. The molecule has 30 rings (SSSR count). The molecule has 15 heteroatoms. The smallest absolute Gasteiger partial charge is 0.165 e. The summed E-state index contributed by atoms with van der Waals surface area (Å²) in [5, 5.41) is 15.2. The van der Waals surface area contributed by atoms with Crippen LogP contribution in [0.5, 0.6) is 0 Å². The third-order valence-corrected chi connectivity index (χ3v) is 35.0. The molecule has 0 aliphatic rings. The Kier molecular flexibility index (Phi) is 22.9. The summed E-state index contributed by atoms with van der Waals surface area (Å²) in [6.07, 6.45) is 0. The van der Waals surface area contributed by atoms with E-state index in [-0.39, 0.29) is 0 Å². The Hall–Kier alpha value is -18.0. The van der Waals surface area contributed by atoms with Crippen molar-refractivity contribution in [1.29, 1.82) is 0 Å². The lowest BCUT2D eigenvalue weighted by atomic mass is 9.98. The number of benzene rings is 21. The molecule has 0 aliphatic heterocycles. The number of thiophene rings is 6. The fourth-order valence-corrected chi connectivity index (χ4v) is 27.7. The van der Waals surface area contributed by atoms with Crippen LogP contribution in [-0.4, -0.2) is 44.9 Å². The van der Waals surface area contributed by atoms with Gasteiger partial charge in [0.2, 0.25) is 0 Å². The van der Waals surface area contributed by atoms with Crippen molar-refractivity contribution in [3.05, 3.63) is 491 Å². The Morgan fingerprint density at radius 1 is 0.107 bits per heavy atom. The van der Waals surface area contributed by atoms with Crippen LogP contribution in [0.15, 0.2) is 491 Å². The fraction of sp³-hybridized carbons (Fsp3) is 0. The van der Waals surface area contributed by atoms with Crippen LogP contribution in [0, 0.1) is 0 Å². The first-order valence-corrected chi connectivity index (χ1v) is 54.7. The van der Waals surface area contributed by atoms with Gasteiger partial charge in [-0.2, -0.15) is 0 Å². The van der Waals surface area contributed by atoms with E-state index in [0.717, 1.165) is 72.3 Å². The highest BCUT2D eigenvalue weighted by Crippen LogP contribution is 2.49. The van der Waals surface area contributed by atoms with Crippen LogP contribution < -0.4 is 0 Å². The Balaban J connectivity index is 0.000000108. The first-order valence-electron chi connectivity index (χ1n) is 49.8. The van der Waals surface area contributed by atoms with Crippen LogP contribution in [0.3, 0.4) is 0 Å². The number of nitrogens with zero attached hydrogens (tertiary/aromatic N) is 9. The third-order valence-electron chi connectivity index (χ3n) is 28.1. The van der Waals surface area contributed by atoms with Crippen molar-refractivity contribution < 1.29 is 0 Å². The second-order valence-electron chi connectivity index (χ2n) is 37.2. The van der Waals surface area contributed by atoms with E-state index in [1.54, 1.807) is 34.0 Å². The number of aromatic nitrogens is 9. The zero-order valence-corrected chi connectivity index (χ0v) is 85.1. The maximum atomic E-state index is 5.21. The van der Waals surface area contributed by atoms with Crippen molar-refractivity contribution in [2.24, 2.45) is 0 Å². The molecule has 0 saturated heterocycles. The molecule has 30 aromatic rings. The zero-order chi connectivity index (χ0) is 99.1. The normalized spacial score (nSPS) is 11.6. The van der Waals surface area contributed by atoms with Crippen LogP contribution in [-0.2, 0) is 0 Å². The molecule has 21 aromatic carbocycles. The van der Waals surface area contributed by atoms with Gasteiger partial charge in [-0.25, -0.2) is 44.9 Å². The average Bonchev–Trinajstić information content (AvgIpc) is 1.58. The summed E-state index contributed by atoms with van der Waals surface area (Å²) in [5.41, 5.74) is 22.9. The molecule has 0 saturated carbocycles. The van der Waals surface area contributed by atoms with Crippen molar-refractivity contribution in [2.45, 2.75) is 0 Å². The van der Waals surface area contributed by atoms with Crippen molar-refractivity contribution in [3.63, 3.8) is 0 Å². The standard InChI is InChI=1S/3C45H27N3S2/c1-2-11-28(12-3-1)29-23-25-30(26-24-29)43-46-44(48-45(47-43)37-19-9-18-35-34-15-4-6-20-38(34)50-42(35)37)32-14-8-13-31(27-32)33-17-10-22-40-41(33)36-16-5-7-21-39(36)49-40;1-2-10-28(11-3-1)29-20-24-31(25-21-29)43-46-44(48-45(47-43)36-15-9-19-40-42(36)35-13-5-7-17-38(35)50-40)32-26-22-30(23-27-32)33-14-8-18-39-41(33)34-12-4-6-16-37(34)49-39;1-2-9-28(10-3-1)29-17-21-31(22-18-29)43-46-44(48-45(47-43)33-25-26-36-35-11-4-6-14-38(35)50-41(36)27-33)32-23-19-30(20-24-32)34-13-8-16-40-42(34)37-12-5-7-15-39(37)49-40/h3*1-27H. The second kappa shape index (κ2) is 38.4. The van der Waals surface area contributed by atoms with Crippen molar-refractivity contribution in [1.82, 2.24) is 44.9 Å². The van der Waals surface area contributed by atoms with Crippen molar-refractivity contribution in [3.8, 4) is 169 Å². The molecule has 0 spiro atoms. The SMILES string of the molecule is c1ccc(-c2ccc(-c3nc(-c4ccc(-c5cccc6sc7ccccc7c56)cc4)nc(-c4ccc5c(c4)sc4ccccc45)n3)cc2)cc1.c1ccc(-c2ccc(-c3nc(-c4ccc(-c5cccc6sc7ccccc7c56)cc4)nc(-c4cccc5sc6ccccc6c45)n3)cc2)cc1.c1ccc(-c2ccc(-c3nc(-c4cccc(-c5cccc6sc7ccccc7c56)c4)nc(-c4cccc5c4sc4ccccc45)n3)cc2)cc1. The van der Waals surface area contributed by atoms with E-state index in [0.29, 0.717) is 52.4 Å². The van der Waals surface area contributed by atoms with E-state index in [2.05, 4.69) is 473 Å². The molecular formula is C135H81N9S6. The predicted octanol–water partition coefficient (Wildman–Crippen LogP) is 38.8. The van der Waals surface area contributed by atoms with Crippen LogP contribution in [0.25, 0.3) is 290 Å². The van der Waals surface area contributed by atoms with E-state index in [4.69, 9.17) is 44.9 Å². The maximum absolute atomic E-state index is 5.21. The number of hydrogen-bond acceptors (Lipinski definition) is 15. The molecular weight excluding hydrogens is 1940 g/mol. The van der Waals surface area contributed by atoms with Gasteiger partial charge >= 0.3 is 0 Å². The van der Waals surface area contributed by atoms with Crippen LogP contribution in [0.4, 0.5) is 0 Å². The van der Waals surface area contributed by atoms with E-state index in [1.807, 2.05) is 52.2 Å². The lowest BCUT2D eigenvalue weighted by Gasteiger charge is -2.11. The highest BCUT2D eigenvalue weighted by molar-refractivity contribution is 7.28. The molecule has 0 radical (unpaired) electrons. The van der Waals surface area contributed by atoms with Gasteiger partial charge in [0.05, 0.1) is 0 Å². The van der Waals surface area contributed by atoms with E-state index in [1.165, 1.54) is 166 Å². The van der Waals surface area contributed by atoms with E-state index >= 15 is 0 Å². The molecule has 702 valence electrons. The molecule has 9 heterocycles. The fourth-order valence-electron chi connectivity index (χ4n) is 20.8. The van der Waals surface area contributed by atoms with Gasteiger partial charge in [0.25, 0.3) is 0 Å². The molecule has 0 aliphatic carbocycles. The summed E-state index contributed by atoms with van der Waals surface area (Å²) < 4.78 is 15.2. The molecule has 0 fully saturated rings. The maximum Gasteiger partial charge on any atom is 0.165 e. The van der Waals surface area contributed by atoms with E-state index < -0.39 is 0 Å². The predicted molar refractivity (Wildman–Crippen MR) is 638 cm³/mol. The molecule has 0 atom stereocenters. The monoisotopic (exact) mass is 2020 g/mol. The summed E-state index contributed by atoms with van der Waals surface area (Å²) in [6, 6.07) is 174. The van der Waals surface area contributed by atoms with Crippen molar-refractivity contribution >= 4 is 189 Å². The molecule has 9 aromatic heterocycles. The minimum absolute atomic E-state index is 0.652. The van der Waals surface area contributed by atoms with Gasteiger partial charge < -0.3 is 0 Å². The van der Waals surface area contributed by atoms with Gasteiger partial charge in [-0.05, 0) is 146 Å². The minimum atomic E-state index is 0.652. The number of hydrogen-bond donors (Lipinski definition) is 0. The summed E-state index contributed by atoms with van der Waals surface area (Å²) in [5.74, 6) is 5.92. The number of fused-ring (bicyclic) bond motifs is 18. The van der Waals surface area contributed by atoms with Gasteiger partial charge in [-0.1, -0.05) is 413 Å². The third kappa shape index (κ3) is 16.8. The van der Waals surface area contributed by atoms with Gasteiger partial charge in [-0.15, -0.1) is 68.0 Å². The lowest BCUT2D eigenvalue weighted by Crippen LogP contribution is -2.00. The quantitative estimate of drug-likeness (QED) is 0.0989. The topological polar surface area (TPSA) is 116 Å². The van der Waals surface area contributed by atoms with Crippen LogP contribution >= 0.6 is 68.0 Å². The van der Waals surface area contributed by atoms with Crippen LogP contribution in [0.1, 0.15) is 0 Å². The minimum Gasteiger partial charge on any atom is -0.208 e. The van der Waals surface area contributed by atoms with Gasteiger partial charge in [-0.3, -0.25) is 0 Å². The second-order valence-corrected chi connectivity index (χ2v) is 43.7. The van der Waals surface area contributed by atoms with E-state index in [9.17, 15) is 0 Å². The number of rotatable bonds is 15. The summed E-state index contributed by atoms with van der Waals surface area (Å²) in [4.78, 5) is 46.2. The molecule has 150 heavy (non-hydrogen) atoms. The first kappa shape index (κ1) is 89.6. The Bertz CT molecular complexity index is 10500. The van der Waals surface area contributed by atoms with Gasteiger partial charge in [0.15, 0.2) is 52.4 Å². The Morgan fingerprint density at radius 2 is 0.320 bits per heavy atom. The lowest BCUT2D eigenvalue weighted by molar-refractivity contribution is 1.07. The Labute approximate surface area is 886 Å². The Morgan fingerprint density at radius 3 is 0.707 bits per heavy atom. The average molecular weight is 2020 g/mol. The molecule has 0 amide bonds. The zero-order valence-electron chi connectivity index (χ0n) is 80.2. The first-order chi connectivity index (χ1) is 74.3. The largest absolute Gasteiger partial charge is 0.208 e. The van der Waals surface area contributed by atoms with Gasteiger partial charge in [0, 0.05) is 171 Å². The molecule has 0 unspecified atom stereocenters. The molecule has 0 bridgehead atoms. The van der Waals surface area contributed by atoms with Crippen molar-refractivity contribution in [2.75, 3.05) is 0 Å². The summed E-state index contributed by atoms with van der Waals surface area (Å²) >= 11 is 10.9. The summed E-state index contributed by atoms with van der Waals surface area (Å²) in [7, 11) is 0. The van der Waals surface area contributed by atoms with Gasteiger partial charge in [0.1, 0.15) is 0 Å².